The van der Waals surface area contributed by atoms with E-state index in [2.05, 4.69) is 29.6 Å². The molecular formula is C16H22N2O. The highest BCUT2D eigenvalue weighted by atomic mass is 16.2. The highest BCUT2D eigenvalue weighted by Crippen LogP contribution is 2.29. The van der Waals surface area contributed by atoms with Gasteiger partial charge in [-0.15, -0.1) is 0 Å². The average Bonchev–Trinajstić information content (AvgIpc) is 2.48. The Morgan fingerprint density at radius 1 is 1.11 bits per heavy atom. The third kappa shape index (κ3) is 2.75. The van der Waals surface area contributed by atoms with Gasteiger partial charge in [0, 0.05) is 13.1 Å². The summed E-state index contributed by atoms with van der Waals surface area (Å²) in [5.41, 5.74) is 2.72. The summed E-state index contributed by atoms with van der Waals surface area (Å²) >= 11 is 0. The predicted octanol–water partition coefficient (Wildman–Crippen LogP) is 3.26. The van der Waals surface area contributed by atoms with Gasteiger partial charge in [-0.2, -0.15) is 0 Å². The third-order valence-electron chi connectivity index (χ3n) is 4.31. The summed E-state index contributed by atoms with van der Waals surface area (Å²) in [5, 5.41) is 3.23. The minimum absolute atomic E-state index is 0.126. The van der Waals surface area contributed by atoms with Crippen LogP contribution in [0, 0.1) is 0 Å². The number of benzene rings is 1. The number of fused-ring (bicyclic) bond motifs is 1. The predicted molar refractivity (Wildman–Crippen MR) is 76.1 cm³/mol. The fourth-order valence-corrected chi connectivity index (χ4v) is 3.24. The van der Waals surface area contributed by atoms with Crippen LogP contribution in [0.2, 0.25) is 0 Å². The van der Waals surface area contributed by atoms with Gasteiger partial charge in [-0.05, 0) is 49.7 Å². The van der Waals surface area contributed by atoms with E-state index in [4.69, 9.17) is 0 Å². The molecule has 1 heterocycles. The average molecular weight is 258 g/mol. The van der Waals surface area contributed by atoms with Crippen molar-refractivity contribution in [1.82, 2.24) is 10.2 Å². The lowest BCUT2D eigenvalue weighted by Crippen LogP contribution is -2.44. The van der Waals surface area contributed by atoms with E-state index in [0.717, 1.165) is 38.8 Å². The molecular weight excluding hydrogens is 236 g/mol. The molecule has 19 heavy (non-hydrogen) atoms. The molecule has 3 nitrogen and oxygen atoms in total. The van der Waals surface area contributed by atoms with E-state index >= 15 is 0 Å². The van der Waals surface area contributed by atoms with Gasteiger partial charge in [0.1, 0.15) is 0 Å². The number of urea groups is 1. The molecule has 3 rings (SSSR count). The smallest absolute Gasteiger partial charge is 0.317 e. The highest BCUT2D eigenvalue weighted by molar-refractivity contribution is 5.75. The van der Waals surface area contributed by atoms with Crippen LogP contribution >= 0.6 is 0 Å². The van der Waals surface area contributed by atoms with Gasteiger partial charge < -0.3 is 10.2 Å². The maximum absolute atomic E-state index is 12.3. The summed E-state index contributed by atoms with van der Waals surface area (Å²) in [4.78, 5) is 14.3. The topological polar surface area (TPSA) is 32.3 Å². The van der Waals surface area contributed by atoms with Crippen molar-refractivity contribution in [1.29, 1.82) is 0 Å². The number of piperidine rings is 1. The Labute approximate surface area is 115 Å². The summed E-state index contributed by atoms with van der Waals surface area (Å²) in [7, 11) is 0. The molecule has 0 bridgehead atoms. The maximum atomic E-state index is 12.3. The first kappa shape index (κ1) is 12.5. The van der Waals surface area contributed by atoms with E-state index in [0.29, 0.717) is 0 Å². The molecule has 1 atom stereocenters. The Morgan fingerprint density at radius 2 is 1.89 bits per heavy atom. The molecule has 1 fully saturated rings. The Bertz CT molecular complexity index is 452. The van der Waals surface area contributed by atoms with Gasteiger partial charge >= 0.3 is 6.03 Å². The van der Waals surface area contributed by atoms with Gasteiger partial charge in [0.05, 0.1) is 6.04 Å². The number of amides is 2. The molecule has 0 spiro atoms. The Kier molecular flexibility index (Phi) is 3.72. The van der Waals surface area contributed by atoms with Crippen LogP contribution in [-0.2, 0) is 6.42 Å². The zero-order valence-corrected chi connectivity index (χ0v) is 11.4. The number of nitrogens with one attached hydrogen (secondary N) is 1. The fourth-order valence-electron chi connectivity index (χ4n) is 3.24. The zero-order chi connectivity index (χ0) is 13.1. The molecule has 0 saturated carbocycles. The summed E-state index contributed by atoms with van der Waals surface area (Å²) in [5.74, 6) is 0. The van der Waals surface area contributed by atoms with Gasteiger partial charge in [-0.25, -0.2) is 4.79 Å². The highest BCUT2D eigenvalue weighted by Gasteiger charge is 2.24. The second kappa shape index (κ2) is 5.64. The van der Waals surface area contributed by atoms with Crippen molar-refractivity contribution in [2.45, 2.75) is 44.6 Å². The molecule has 2 aliphatic rings. The molecule has 0 aromatic heterocycles. The Hall–Kier alpha value is -1.51. The van der Waals surface area contributed by atoms with E-state index in [1.54, 1.807) is 0 Å². The Balaban J connectivity index is 1.68. The van der Waals surface area contributed by atoms with Crippen molar-refractivity contribution < 1.29 is 4.79 Å². The first-order valence-corrected chi connectivity index (χ1v) is 7.48. The van der Waals surface area contributed by atoms with Crippen molar-refractivity contribution in [2.75, 3.05) is 13.1 Å². The van der Waals surface area contributed by atoms with Crippen LogP contribution in [0.5, 0.6) is 0 Å². The second-order valence-corrected chi connectivity index (χ2v) is 5.64. The van der Waals surface area contributed by atoms with Crippen LogP contribution in [0.1, 0.15) is 49.3 Å². The van der Waals surface area contributed by atoms with Gasteiger partial charge in [0.2, 0.25) is 0 Å². The van der Waals surface area contributed by atoms with Gasteiger partial charge in [0.25, 0.3) is 0 Å². The van der Waals surface area contributed by atoms with E-state index in [1.807, 2.05) is 4.90 Å². The number of aryl methyl sites for hydroxylation is 1. The normalized spacial score (nSPS) is 22.7. The van der Waals surface area contributed by atoms with E-state index in [-0.39, 0.29) is 12.1 Å². The SMILES string of the molecule is O=C(NC1CCCc2ccccc21)N1CCCCC1. The third-order valence-corrected chi connectivity index (χ3v) is 4.31. The molecule has 0 radical (unpaired) electrons. The number of carbonyl (C=O) groups excluding carboxylic acids is 1. The van der Waals surface area contributed by atoms with Crippen molar-refractivity contribution in [3.05, 3.63) is 35.4 Å². The summed E-state index contributed by atoms with van der Waals surface area (Å²) in [6, 6.07) is 8.85. The number of likely N-dealkylation sites (tertiary alicyclic amines) is 1. The molecule has 1 unspecified atom stereocenters. The summed E-state index contributed by atoms with van der Waals surface area (Å²) < 4.78 is 0. The molecule has 102 valence electrons. The largest absolute Gasteiger partial charge is 0.331 e. The second-order valence-electron chi connectivity index (χ2n) is 5.64. The van der Waals surface area contributed by atoms with E-state index in [9.17, 15) is 4.79 Å². The monoisotopic (exact) mass is 258 g/mol. The van der Waals surface area contributed by atoms with Crippen LogP contribution in [0.25, 0.3) is 0 Å². The molecule has 1 aliphatic heterocycles. The minimum Gasteiger partial charge on any atom is -0.331 e. The number of nitrogens with zero attached hydrogens (tertiary/aromatic N) is 1. The van der Waals surface area contributed by atoms with Crippen LogP contribution in [-0.4, -0.2) is 24.0 Å². The minimum atomic E-state index is 0.126. The molecule has 1 saturated heterocycles. The fraction of sp³-hybridized carbons (Fsp3) is 0.562. The molecule has 1 aromatic rings. The number of hydrogen-bond donors (Lipinski definition) is 1. The van der Waals surface area contributed by atoms with Crippen LogP contribution in [0.4, 0.5) is 4.79 Å². The molecule has 1 N–H and O–H groups in total. The summed E-state index contributed by atoms with van der Waals surface area (Å²) in [6.45, 7) is 1.83. The maximum Gasteiger partial charge on any atom is 0.317 e. The van der Waals surface area contributed by atoms with Crippen LogP contribution in [0.15, 0.2) is 24.3 Å². The van der Waals surface area contributed by atoms with Crippen molar-refractivity contribution in [3.8, 4) is 0 Å². The molecule has 2 amide bonds. The van der Waals surface area contributed by atoms with Crippen molar-refractivity contribution in [2.24, 2.45) is 0 Å². The standard InChI is InChI=1S/C16H22N2O/c19-16(18-11-4-1-5-12-18)17-15-10-6-8-13-7-2-3-9-14(13)15/h2-3,7,9,15H,1,4-6,8,10-12H2,(H,17,19). The lowest BCUT2D eigenvalue weighted by molar-refractivity contribution is 0.181. The lowest BCUT2D eigenvalue weighted by Gasteiger charge is -2.31. The van der Waals surface area contributed by atoms with Crippen LogP contribution < -0.4 is 5.32 Å². The first-order chi connectivity index (χ1) is 9.34. The lowest BCUT2D eigenvalue weighted by atomic mass is 9.88. The van der Waals surface area contributed by atoms with Crippen molar-refractivity contribution >= 4 is 6.03 Å². The van der Waals surface area contributed by atoms with Crippen molar-refractivity contribution in [3.63, 3.8) is 0 Å². The summed E-state index contributed by atoms with van der Waals surface area (Å²) in [6.07, 6.45) is 6.93. The molecule has 1 aromatic carbocycles. The molecule has 3 heteroatoms. The van der Waals surface area contributed by atoms with Crippen LogP contribution in [0.3, 0.4) is 0 Å². The quantitative estimate of drug-likeness (QED) is 0.824. The number of rotatable bonds is 1. The first-order valence-electron chi connectivity index (χ1n) is 7.48. The zero-order valence-electron chi connectivity index (χ0n) is 11.4. The van der Waals surface area contributed by atoms with Gasteiger partial charge in [-0.1, -0.05) is 24.3 Å². The number of hydrogen-bond acceptors (Lipinski definition) is 1. The molecule has 1 aliphatic carbocycles. The number of carbonyl (C=O) groups is 1. The van der Waals surface area contributed by atoms with E-state index < -0.39 is 0 Å². The Morgan fingerprint density at radius 3 is 2.74 bits per heavy atom. The van der Waals surface area contributed by atoms with E-state index in [1.165, 1.54) is 24.0 Å². The van der Waals surface area contributed by atoms with Gasteiger partial charge in [0.15, 0.2) is 0 Å². The van der Waals surface area contributed by atoms with Gasteiger partial charge in [-0.3, -0.25) is 0 Å².